The van der Waals surface area contributed by atoms with Crippen LogP contribution in [-0.4, -0.2) is 35.2 Å². The van der Waals surface area contributed by atoms with Gasteiger partial charge in [0.05, 0.1) is 0 Å². The van der Waals surface area contributed by atoms with Crippen LogP contribution in [0.25, 0.3) is 0 Å². The molecule has 1 amide bonds. The average Bonchev–Trinajstić information content (AvgIpc) is 2.33. The van der Waals surface area contributed by atoms with Gasteiger partial charge in [-0.3, -0.25) is 0 Å². The standard InChI is InChI=1S/C6H12N2O2/c7-4-5-2-1-3-8(5)6(9)10/h5H,1-4,7H2,(H,9,10)/t5-/m0/s1. The molecular weight excluding hydrogens is 132 g/mol. The number of rotatable bonds is 1. The summed E-state index contributed by atoms with van der Waals surface area (Å²) in [7, 11) is 0. The molecular formula is C6H12N2O2. The maximum Gasteiger partial charge on any atom is 0.407 e. The Morgan fingerprint density at radius 1 is 1.80 bits per heavy atom. The first-order valence-electron chi connectivity index (χ1n) is 3.45. The van der Waals surface area contributed by atoms with E-state index in [9.17, 15) is 4.79 Å². The van der Waals surface area contributed by atoms with Crippen LogP contribution in [-0.2, 0) is 0 Å². The number of amides is 1. The summed E-state index contributed by atoms with van der Waals surface area (Å²) in [4.78, 5) is 11.9. The minimum absolute atomic E-state index is 0.0671. The van der Waals surface area contributed by atoms with Crippen molar-refractivity contribution < 1.29 is 9.90 Å². The van der Waals surface area contributed by atoms with Gasteiger partial charge in [-0.05, 0) is 12.8 Å². The van der Waals surface area contributed by atoms with E-state index in [0.29, 0.717) is 13.1 Å². The summed E-state index contributed by atoms with van der Waals surface area (Å²) in [6.45, 7) is 1.10. The summed E-state index contributed by atoms with van der Waals surface area (Å²) in [6, 6.07) is 0.0671. The van der Waals surface area contributed by atoms with Crippen LogP contribution in [0, 0.1) is 0 Å². The molecule has 1 saturated heterocycles. The monoisotopic (exact) mass is 144 g/mol. The number of carbonyl (C=O) groups is 1. The van der Waals surface area contributed by atoms with Crippen molar-refractivity contribution in [3.63, 3.8) is 0 Å². The summed E-state index contributed by atoms with van der Waals surface area (Å²) in [5.41, 5.74) is 5.36. The van der Waals surface area contributed by atoms with E-state index in [1.54, 1.807) is 0 Å². The zero-order valence-corrected chi connectivity index (χ0v) is 5.79. The Morgan fingerprint density at radius 2 is 2.50 bits per heavy atom. The van der Waals surface area contributed by atoms with Crippen molar-refractivity contribution >= 4 is 6.09 Å². The second kappa shape index (κ2) is 2.88. The normalized spacial score (nSPS) is 25.3. The highest BCUT2D eigenvalue weighted by molar-refractivity contribution is 5.65. The fourth-order valence-electron chi connectivity index (χ4n) is 1.33. The van der Waals surface area contributed by atoms with E-state index < -0.39 is 6.09 Å². The molecule has 0 bridgehead atoms. The lowest BCUT2D eigenvalue weighted by molar-refractivity contribution is 0.141. The zero-order valence-electron chi connectivity index (χ0n) is 5.79. The molecule has 0 aromatic rings. The first-order chi connectivity index (χ1) is 4.75. The maximum absolute atomic E-state index is 10.4. The molecule has 0 saturated carbocycles. The Bertz CT molecular complexity index is 138. The molecule has 0 radical (unpaired) electrons. The highest BCUT2D eigenvalue weighted by Gasteiger charge is 2.26. The van der Waals surface area contributed by atoms with Crippen molar-refractivity contribution in [2.75, 3.05) is 13.1 Å². The summed E-state index contributed by atoms with van der Waals surface area (Å²) < 4.78 is 0. The fourth-order valence-corrected chi connectivity index (χ4v) is 1.33. The number of nitrogens with two attached hydrogens (primary N) is 1. The lowest BCUT2D eigenvalue weighted by Gasteiger charge is -2.18. The van der Waals surface area contributed by atoms with Gasteiger partial charge in [-0.1, -0.05) is 0 Å². The Morgan fingerprint density at radius 3 is 2.90 bits per heavy atom. The van der Waals surface area contributed by atoms with E-state index in [1.165, 1.54) is 4.90 Å². The predicted octanol–water partition coefficient (Wildman–Crippen LogP) is 0.0875. The molecule has 0 unspecified atom stereocenters. The second-order valence-electron chi connectivity index (χ2n) is 2.51. The van der Waals surface area contributed by atoms with Gasteiger partial charge in [0.25, 0.3) is 0 Å². The molecule has 0 spiro atoms. The third kappa shape index (κ3) is 1.21. The number of nitrogens with zero attached hydrogens (tertiary/aromatic N) is 1. The first-order valence-corrected chi connectivity index (χ1v) is 3.45. The molecule has 0 aromatic heterocycles. The predicted molar refractivity (Wildman–Crippen MR) is 36.8 cm³/mol. The lowest BCUT2D eigenvalue weighted by atomic mass is 10.2. The Hall–Kier alpha value is -0.770. The fraction of sp³-hybridized carbons (Fsp3) is 0.833. The highest BCUT2D eigenvalue weighted by atomic mass is 16.4. The quantitative estimate of drug-likeness (QED) is 0.548. The molecule has 58 valence electrons. The van der Waals surface area contributed by atoms with Crippen LogP contribution in [0.4, 0.5) is 4.79 Å². The summed E-state index contributed by atoms with van der Waals surface area (Å²) in [5, 5.41) is 8.59. The molecule has 4 nitrogen and oxygen atoms in total. The summed E-state index contributed by atoms with van der Waals surface area (Å²) in [5.74, 6) is 0. The van der Waals surface area contributed by atoms with E-state index >= 15 is 0 Å². The van der Waals surface area contributed by atoms with Crippen molar-refractivity contribution in [3.05, 3.63) is 0 Å². The SMILES string of the molecule is NC[C@@H]1CCCN1C(=O)O. The van der Waals surface area contributed by atoms with Crippen LogP contribution in [0.15, 0.2) is 0 Å². The van der Waals surface area contributed by atoms with Crippen molar-refractivity contribution in [2.24, 2.45) is 5.73 Å². The first kappa shape index (κ1) is 7.34. The van der Waals surface area contributed by atoms with E-state index in [2.05, 4.69) is 0 Å². The Kier molecular flexibility index (Phi) is 2.11. The van der Waals surface area contributed by atoms with Crippen molar-refractivity contribution in [1.82, 2.24) is 4.90 Å². The van der Waals surface area contributed by atoms with Crippen molar-refractivity contribution in [2.45, 2.75) is 18.9 Å². The van der Waals surface area contributed by atoms with Gasteiger partial charge >= 0.3 is 6.09 Å². The van der Waals surface area contributed by atoms with Crippen LogP contribution in [0.5, 0.6) is 0 Å². The van der Waals surface area contributed by atoms with Crippen LogP contribution in [0.3, 0.4) is 0 Å². The lowest BCUT2D eigenvalue weighted by Crippen LogP contribution is -2.38. The number of hydrogen-bond donors (Lipinski definition) is 2. The zero-order chi connectivity index (χ0) is 7.56. The molecule has 0 aliphatic carbocycles. The van der Waals surface area contributed by atoms with Crippen LogP contribution in [0.2, 0.25) is 0 Å². The van der Waals surface area contributed by atoms with Crippen LogP contribution < -0.4 is 5.73 Å². The molecule has 10 heavy (non-hydrogen) atoms. The Balaban J connectivity index is 2.50. The molecule has 1 aliphatic heterocycles. The maximum atomic E-state index is 10.4. The van der Waals surface area contributed by atoms with E-state index in [-0.39, 0.29) is 6.04 Å². The molecule has 1 aliphatic rings. The number of likely N-dealkylation sites (tertiary alicyclic amines) is 1. The van der Waals surface area contributed by atoms with Crippen molar-refractivity contribution in [1.29, 1.82) is 0 Å². The van der Waals surface area contributed by atoms with Gasteiger partial charge < -0.3 is 15.7 Å². The number of carboxylic acid groups (broad SMARTS) is 1. The summed E-state index contributed by atoms with van der Waals surface area (Å²) >= 11 is 0. The number of hydrogen-bond acceptors (Lipinski definition) is 2. The highest BCUT2D eigenvalue weighted by Crippen LogP contribution is 2.15. The summed E-state index contributed by atoms with van der Waals surface area (Å²) in [6.07, 6.45) is 1.03. The van der Waals surface area contributed by atoms with Gasteiger partial charge in [-0.15, -0.1) is 0 Å². The average molecular weight is 144 g/mol. The van der Waals surface area contributed by atoms with Gasteiger partial charge in [0.1, 0.15) is 0 Å². The van der Waals surface area contributed by atoms with Gasteiger partial charge in [-0.2, -0.15) is 0 Å². The van der Waals surface area contributed by atoms with Gasteiger partial charge in [-0.25, -0.2) is 4.79 Å². The van der Waals surface area contributed by atoms with Crippen LogP contribution in [0.1, 0.15) is 12.8 Å². The topological polar surface area (TPSA) is 66.6 Å². The van der Waals surface area contributed by atoms with Gasteiger partial charge in [0.15, 0.2) is 0 Å². The molecule has 1 fully saturated rings. The molecule has 1 rings (SSSR count). The molecule has 1 heterocycles. The smallest absolute Gasteiger partial charge is 0.407 e. The molecule has 0 aromatic carbocycles. The molecule has 3 N–H and O–H groups in total. The van der Waals surface area contributed by atoms with Gasteiger partial charge in [0.2, 0.25) is 0 Å². The van der Waals surface area contributed by atoms with E-state index in [4.69, 9.17) is 10.8 Å². The minimum atomic E-state index is -0.840. The second-order valence-corrected chi connectivity index (χ2v) is 2.51. The molecule has 1 atom stereocenters. The van der Waals surface area contributed by atoms with Crippen molar-refractivity contribution in [3.8, 4) is 0 Å². The van der Waals surface area contributed by atoms with Gasteiger partial charge in [0, 0.05) is 19.1 Å². The minimum Gasteiger partial charge on any atom is -0.465 e. The molecule has 4 heteroatoms. The van der Waals surface area contributed by atoms with E-state index in [0.717, 1.165) is 12.8 Å². The van der Waals surface area contributed by atoms with Crippen LogP contribution >= 0.6 is 0 Å². The largest absolute Gasteiger partial charge is 0.465 e. The Labute approximate surface area is 59.6 Å². The third-order valence-corrected chi connectivity index (χ3v) is 1.89. The third-order valence-electron chi connectivity index (χ3n) is 1.89. The van der Waals surface area contributed by atoms with E-state index in [1.807, 2.05) is 0 Å².